The standard InChI is InChI=1S/C12H18N2O/c1-8-4-9(7-13-6-8)14-10-5-11(15)12(10,2)3/h4,6-7,10-11,14-15H,5H2,1-3H3. The van der Waals surface area contributed by atoms with E-state index < -0.39 is 0 Å². The van der Waals surface area contributed by atoms with Crippen molar-refractivity contribution in [1.82, 2.24) is 4.98 Å². The van der Waals surface area contributed by atoms with Crippen LogP contribution in [0.3, 0.4) is 0 Å². The third-order valence-corrected chi connectivity index (χ3v) is 3.43. The summed E-state index contributed by atoms with van der Waals surface area (Å²) >= 11 is 0. The number of nitrogens with one attached hydrogen (secondary N) is 1. The highest BCUT2D eigenvalue weighted by molar-refractivity contribution is 5.44. The molecule has 1 saturated carbocycles. The van der Waals surface area contributed by atoms with E-state index in [9.17, 15) is 5.11 Å². The summed E-state index contributed by atoms with van der Waals surface area (Å²) in [6, 6.07) is 2.42. The predicted molar refractivity (Wildman–Crippen MR) is 60.8 cm³/mol. The van der Waals surface area contributed by atoms with E-state index in [-0.39, 0.29) is 11.5 Å². The lowest BCUT2D eigenvalue weighted by molar-refractivity contribution is -0.0510. The monoisotopic (exact) mass is 206 g/mol. The van der Waals surface area contributed by atoms with Gasteiger partial charge in [-0.15, -0.1) is 0 Å². The zero-order chi connectivity index (χ0) is 11.1. The van der Waals surface area contributed by atoms with E-state index in [2.05, 4.69) is 30.2 Å². The maximum atomic E-state index is 9.62. The van der Waals surface area contributed by atoms with Gasteiger partial charge in [-0.2, -0.15) is 0 Å². The Morgan fingerprint density at radius 3 is 2.73 bits per heavy atom. The van der Waals surface area contributed by atoms with Gasteiger partial charge in [-0.3, -0.25) is 4.98 Å². The molecular formula is C12H18N2O. The van der Waals surface area contributed by atoms with E-state index in [0.717, 1.165) is 17.7 Å². The summed E-state index contributed by atoms with van der Waals surface area (Å²) in [5.41, 5.74) is 2.15. The molecule has 15 heavy (non-hydrogen) atoms. The summed E-state index contributed by atoms with van der Waals surface area (Å²) in [7, 11) is 0. The number of anilines is 1. The Hall–Kier alpha value is -1.09. The van der Waals surface area contributed by atoms with Crippen LogP contribution in [0.4, 0.5) is 5.69 Å². The van der Waals surface area contributed by atoms with Gasteiger partial charge >= 0.3 is 0 Å². The molecule has 1 heterocycles. The van der Waals surface area contributed by atoms with Crippen molar-refractivity contribution in [2.24, 2.45) is 5.41 Å². The zero-order valence-electron chi connectivity index (χ0n) is 9.49. The average Bonchev–Trinajstić information content (AvgIpc) is 2.17. The van der Waals surface area contributed by atoms with Crippen LogP contribution in [0, 0.1) is 12.3 Å². The van der Waals surface area contributed by atoms with Crippen LogP contribution >= 0.6 is 0 Å². The van der Waals surface area contributed by atoms with Gasteiger partial charge < -0.3 is 10.4 Å². The topological polar surface area (TPSA) is 45.2 Å². The van der Waals surface area contributed by atoms with Crippen LogP contribution in [0.2, 0.25) is 0 Å². The molecule has 0 saturated heterocycles. The van der Waals surface area contributed by atoms with Crippen LogP contribution in [0.1, 0.15) is 25.8 Å². The lowest BCUT2D eigenvalue weighted by Gasteiger charge is -2.49. The first-order valence-corrected chi connectivity index (χ1v) is 5.36. The van der Waals surface area contributed by atoms with E-state index in [1.807, 2.05) is 19.3 Å². The number of nitrogens with zero attached hydrogens (tertiary/aromatic N) is 1. The number of aryl methyl sites for hydroxylation is 1. The van der Waals surface area contributed by atoms with E-state index in [1.165, 1.54) is 0 Å². The Labute approximate surface area is 90.5 Å². The van der Waals surface area contributed by atoms with Crippen molar-refractivity contribution in [1.29, 1.82) is 0 Å². The molecule has 1 aliphatic carbocycles. The number of pyridine rings is 1. The molecule has 3 heteroatoms. The Morgan fingerprint density at radius 1 is 1.47 bits per heavy atom. The van der Waals surface area contributed by atoms with Crippen LogP contribution in [0.5, 0.6) is 0 Å². The van der Waals surface area contributed by atoms with Gasteiger partial charge in [-0.25, -0.2) is 0 Å². The molecule has 82 valence electrons. The molecular weight excluding hydrogens is 188 g/mol. The maximum absolute atomic E-state index is 9.62. The Balaban J connectivity index is 2.05. The number of aliphatic hydroxyl groups excluding tert-OH is 1. The molecule has 1 fully saturated rings. The summed E-state index contributed by atoms with van der Waals surface area (Å²) in [6.07, 6.45) is 4.30. The lowest BCUT2D eigenvalue weighted by atomic mass is 9.64. The summed E-state index contributed by atoms with van der Waals surface area (Å²) in [5.74, 6) is 0. The fourth-order valence-corrected chi connectivity index (χ4v) is 1.98. The van der Waals surface area contributed by atoms with Crippen LogP contribution in [0.15, 0.2) is 18.5 Å². The molecule has 0 aromatic carbocycles. The van der Waals surface area contributed by atoms with Crippen molar-refractivity contribution < 1.29 is 5.11 Å². The second-order valence-electron chi connectivity index (χ2n) is 5.02. The van der Waals surface area contributed by atoms with Crippen LogP contribution < -0.4 is 5.32 Å². The number of aromatic nitrogens is 1. The normalized spacial score (nSPS) is 28.3. The van der Waals surface area contributed by atoms with Crippen molar-refractivity contribution in [2.75, 3.05) is 5.32 Å². The van der Waals surface area contributed by atoms with Gasteiger partial charge in [0.25, 0.3) is 0 Å². The van der Waals surface area contributed by atoms with Crippen molar-refractivity contribution in [2.45, 2.75) is 39.3 Å². The molecule has 0 radical (unpaired) electrons. The van der Waals surface area contributed by atoms with Gasteiger partial charge in [0.05, 0.1) is 11.8 Å². The van der Waals surface area contributed by atoms with Crippen LogP contribution in [-0.2, 0) is 0 Å². The van der Waals surface area contributed by atoms with Gasteiger partial charge in [0.1, 0.15) is 0 Å². The number of hydrogen-bond donors (Lipinski definition) is 2. The van der Waals surface area contributed by atoms with Gasteiger partial charge in [0.15, 0.2) is 0 Å². The van der Waals surface area contributed by atoms with Crippen LogP contribution in [0.25, 0.3) is 0 Å². The molecule has 2 N–H and O–H groups in total. The quantitative estimate of drug-likeness (QED) is 0.777. The molecule has 3 nitrogen and oxygen atoms in total. The largest absolute Gasteiger partial charge is 0.392 e. The molecule has 1 aromatic heterocycles. The van der Waals surface area contributed by atoms with E-state index in [1.54, 1.807) is 0 Å². The number of aliphatic hydroxyl groups is 1. The Morgan fingerprint density at radius 2 is 2.20 bits per heavy atom. The average molecular weight is 206 g/mol. The third kappa shape index (κ3) is 1.84. The SMILES string of the molecule is Cc1cncc(NC2CC(O)C2(C)C)c1. The Bertz CT molecular complexity index is 362. The first kappa shape index (κ1) is 10.4. The molecule has 0 aliphatic heterocycles. The van der Waals surface area contributed by atoms with Gasteiger partial charge in [-0.1, -0.05) is 13.8 Å². The van der Waals surface area contributed by atoms with Crippen molar-refractivity contribution in [3.8, 4) is 0 Å². The second kappa shape index (κ2) is 3.49. The van der Waals surface area contributed by atoms with E-state index >= 15 is 0 Å². The van der Waals surface area contributed by atoms with Gasteiger partial charge in [0.2, 0.25) is 0 Å². The van der Waals surface area contributed by atoms with E-state index in [4.69, 9.17) is 0 Å². The minimum absolute atomic E-state index is 0.0380. The highest BCUT2D eigenvalue weighted by Crippen LogP contribution is 2.42. The van der Waals surface area contributed by atoms with Crippen molar-refractivity contribution >= 4 is 5.69 Å². The molecule has 0 spiro atoms. The molecule has 1 aliphatic rings. The molecule has 2 rings (SSSR count). The molecule has 0 amide bonds. The summed E-state index contributed by atoms with van der Waals surface area (Å²) < 4.78 is 0. The predicted octanol–water partition coefficient (Wildman–Crippen LogP) is 1.96. The zero-order valence-corrected chi connectivity index (χ0v) is 9.49. The maximum Gasteiger partial charge on any atom is 0.0630 e. The summed E-state index contributed by atoms with van der Waals surface area (Å²) in [4.78, 5) is 4.14. The Kier molecular flexibility index (Phi) is 2.43. The highest BCUT2D eigenvalue weighted by Gasteiger charge is 2.47. The summed E-state index contributed by atoms with van der Waals surface area (Å²) in [6.45, 7) is 6.20. The minimum atomic E-state index is -0.187. The van der Waals surface area contributed by atoms with Crippen LogP contribution in [-0.4, -0.2) is 22.2 Å². The minimum Gasteiger partial charge on any atom is -0.392 e. The van der Waals surface area contributed by atoms with Crippen molar-refractivity contribution in [3.63, 3.8) is 0 Å². The third-order valence-electron chi connectivity index (χ3n) is 3.43. The summed E-state index contributed by atoms with van der Waals surface area (Å²) in [5, 5.41) is 13.0. The first-order chi connectivity index (χ1) is 7.00. The number of rotatable bonds is 2. The fraction of sp³-hybridized carbons (Fsp3) is 0.583. The first-order valence-electron chi connectivity index (χ1n) is 5.36. The highest BCUT2D eigenvalue weighted by atomic mass is 16.3. The van der Waals surface area contributed by atoms with E-state index in [0.29, 0.717) is 6.04 Å². The van der Waals surface area contributed by atoms with Gasteiger partial charge in [-0.05, 0) is 25.0 Å². The molecule has 2 atom stereocenters. The lowest BCUT2D eigenvalue weighted by Crippen LogP contribution is -2.56. The fourth-order valence-electron chi connectivity index (χ4n) is 1.98. The molecule has 2 unspecified atom stereocenters. The number of hydrogen-bond acceptors (Lipinski definition) is 3. The second-order valence-corrected chi connectivity index (χ2v) is 5.02. The molecule has 1 aromatic rings. The smallest absolute Gasteiger partial charge is 0.0630 e. The molecule has 0 bridgehead atoms. The van der Waals surface area contributed by atoms with Gasteiger partial charge in [0, 0.05) is 23.9 Å². The van der Waals surface area contributed by atoms with Crippen molar-refractivity contribution in [3.05, 3.63) is 24.0 Å².